The number of nitrogens with one attached hydrogen (secondary N) is 2. The molecule has 8 nitrogen and oxygen atoms in total. The first-order valence-electron chi connectivity index (χ1n) is 9.39. The van der Waals surface area contributed by atoms with Crippen LogP contribution in [0.2, 0.25) is 0 Å². The van der Waals surface area contributed by atoms with E-state index in [4.69, 9.17) is 0 Å². The van der Waals surface area contributed by atoms with E-state index in [0.717, 1.165) is 16.3 Å². The second-order valence-corrected chi connectivity index (χ2v) is 6.76. The molecule has 0 amide bonds. The fraction of sp³-hybridized carbons (Fsp3) is 0. The van der Waals surface area contributed by atoms with Gasteiger partial charge in [0.2, 0.25) is 0 Å². The van der Waals surface area contributed by atoms with Crippen LogP contribution in [0.25, 0.3) is 10.8 Å². The summed E-state index contributed by atoms with van der Waals surface area (Å²) in [5.41, 5.74) is 2.20. The fourth-order valence-corrected chi connectivity index (χ4v) is 3.23. The smallest absolute Gasteiger partial charge is 0.258 e. The average Bonchev–Trinajstić information content (AvgIpc) is 2.79. The van der Waals surface area contributed by atoms with Gasteiger partial charge in [0.25, 0.3) is 17.2 Å². The largest absolute Gasteiger partial charge is 0.285 e. The third kappa shape index (κ3) is 4.38. The topological polar surface area (TPSA) is 112 Å². The normalized spacial score (nSPS) is 11.3. The van der Waals surface area contributed by atoms with E-state index in [1.54, 1.807) is 24.3 Å². The molecule has 0 saturated heterocycles. The Morgan fingerprint density at radius 2 is 1.29 bits per heavy atom. The van der Waals surface area contributed by atoms with Crippen LogP contribution in [0.4, 0.5) is 22.7 Å². The molecule has 0 saturated carbocycles. The van der Waals surface area contributed by atoms with Gasteiger partial charge in [-0.05, 0) is 41.1 Å². The molecule has 4 rings (SSSR count). The van der Waals surface area contributed by atoms with Gasteiger partial charge in [-0.25, -0.2) is 10.3 Å². The average molecular weight is 413 g/mol. The van der Waals surface area contributed by atoms with Crippen LogP contribution < -0.4 is 10.3 Å². The van der Waals surface area contributed by atoms with Crippen LogP contribution in [-0.2, 0) is 0 Å². The second-order valence-electron chi connectivity index (χ2n) is 6.76. The molecule has 152 valence electrons. The highest BCUT2D eigenvalue weighted by Gasteiger charge is 2.17. The van der Waals surface area contributed by atoms with Gasteiger partial charge >= 0.3 is 0 Å². The molecule has 0 unspecified atom stereocenters. The van der Waals surface area contributed by atoms with E-state index in [2.05, 4.69) is 10.3 Å². The van der Waals surface area contributed by atoms with Gasteiger partial charge in [0.1, 0.15) is 11.4 Å². The van der Waals surface area contributed by atoms with Crippen LogP contribution >= 0.6 is 0 Å². The summed E-state index contributed by atoms with van der Waals surface area (Å²) < 4.78 is 0. The molecule has 4 aromatic carbocycles. The quantitative estimate of drug-likeness (QED) is 0.223. The van der Waals surface area contributed by atoms with Crippen molar-refractivity contribution in [2.24, 2.45) is 0 Å². The van der Waals surface area contributed by atoms with E-state index in [-0.39, 0.29) is 11.4 Å². The Morgan fingerprint density at radius 1 is 0.710 bits per heavy atom. The monoisotopic (exact) mass is 413 g/mol. The lowest BCUT2D eigenvalue weighted by molar-refractivity contribution is -0.385. The number of benzene rings is 4. The number of amidine groups is 1. The van der Waals surface area contributed by atoms with Gasteiger partial charge in [0.05, 0.1) is 15.4 Å². The number of nitro benzene ring substituents is 2. The first-order chi connectivity index (χ1) is 15.0. The molecule has 31 heavy (non-hydrogen) atoms. The van der Waals surface area contributed by atoms with Gasteiger partial charge < -0.3 is 0 Å². The number of nitro groups is 2. The fourth-order valence-electron chi connectivity index (χ4n) is 3.23. The molecular weight excluding hydrogens is 396 g/mol. The summed E-state index contributed by atoms with van der Waals surface area (Å²) in [4.78, 5) is 24.3. The molecule has 0 heterocycles. The van der Waals surface area contributed by atoms with Gasteiger partial charge in [-0.3, -0.25) is 20.2 Å². The lowest BCUT2D eigenvalue weighted by atomic mass is 10.0. The van der Waals surface area contributed by atoms with Crippen molar-refractivity contribution in [3.05, 3.63) is 117 Å². The van der Waals surface area contributed by atoms with E-state index in [0.29, 0.717) is 17.2 Å². The van der Waals surface area contributed by atoms with Crippen LogP contribution in [0.1, 0.15) is 5.56 Å². The number of non-ortho nitro benzene ring substituents is 2. The van der Waals surface area contributed by atoms with Gasteiger partial charge in [0, 0.05) is 24.3 Å². The lowest BCUT2D eigenvalue weighted by Gasteiger charge is -2.07. The van der Waals surface area contributed by atoms with Crippen molar-refractivity contribution in [1.29, 1.82) is 0 Å². The summed E-state index contributed by atoms with van der Waals surface area (Å²) in [5, 5.41) is 27.2. The summed E-state index contributed by atoms with van der Waals surface area (Å²) in [7, 11) is 0. The molecule has 8 heteroatoms. The predicted molar refractivity (Wildman–Crippen MR) is 118 cm³/mol. The molecule has 4 aromatic rings. The zero-order valence-corrected chi connectivity index (χ0v) is 16.2. The van der Waals surface area contributed by atoms with Crippen molar-refractivity contribution in [3.8, 4) is 0 Å². The highest BCUT2D eigenvalue weighted by atomic mass is 16.6. The summed E-state index contributed by atoms with van der Waals surface area (Å²) in [6.07, 6.45) is 0. The van der Waals surface area contributed by atoms with Crippen LogP contribution in [0.3, 0.4) is 0 Å². The van der Waals surface area contributed by atoms with Crippen LogP contribution in [0.5, 0.6) is 0 Å². The van der Waals surface area contributed by atoms with Crippen molar-refractivity contribution >= 4 is 39.4 Å². The van der Waals surface area contributed by atoms with Crippen LogP contribution in [0, 0.1) is 20.2 Å². The zero-order valence-electron chi connectivity index (χ0n) is 16.2. The minimum absolute atomic E-state index is 0.000545. The Morgan fingerprint density at radius 3 is 1.94 bits per heavy atom. The number of hydrogen-bond donors (Lipinski definition) is 2. The Kier molecular flexibility index (Phi) is 5.35. The standard InChI is InChI=1S/C23H16N4O4/c28-26(29)19-12-8-17(9-13-19)24-23(25-18-10-14-20(15-11-18)27(30)31)22-7-3-5-16-4-1-2-6-21(16)22/h1-15H,(H,24,25)/p+1. The van der Waals surface area contributed by atoms with Gasteiger partial charge in [-0.2, -0.15) is 0 Å². The molecular formula is C23H17N4O4+. The number of rotatable bonds is 5. The number of nitrogens with zero attached hydrogens (tertiary/aromatic N) is 2. The zero-order chi connectivity index (χ0) is 21.8. The first-order valence-corrected chi connectivity index (χ1v) is 9.39. The van der Waals surface area contributed by atoms with Gasteiger partial charge in [-0.15, -0.1) is 0 Å². The maximum Gasteiger partial charge on any atom is 0.285 e. The molecule has 0 aliphatic heterocycles. The van der Waals surface area contributed by atoms with E-state index >= 15 is 0 Å². The van der Waals surface area contributed by atoms with Crippen molar-refractivity contribution in [2.75, 3.05) is 5.32 Å². The predicted octanol–water partition coefficient (Wildman–Crippen LogP) is 3.93. The highest BCUT2D eigenvalue weighted by molar-refractivity contribution is 6.13. The summed E-state index contributed by atoms with van der Waals surface area (Å²) in [6.45, 7) is 0. The van der Waals surface area contributed by atoms with E-state index in [9.17, 15) is 20.2 Å². The number of hydrogen-bond acceptors (Lipinski definition) is 4. The molecule has 0 atom stereocenters. The molecule has 0 bridgehead atoms. The van der Waals surface area contributed by atoms with Crippen LogP contribution in [0.15, 0.2) is 91.0 Å². The number of fused-ring (bicyclic) bond motifs is 1. The first kappa shape index (κ1) is 19.7. The summed E-state index contributed by atoms with van der Waals surface area (Å²) >= 11 is 0. The third-order valence-corrected chi connectivity index (χ3v) is 4.75. The second kappa shape index (κ2) is 8.42. The Labute approximate surface area is 176 Å². The lowest BCUT2D eigenvalue weighted by Crippen LogP contribution is -2.68. The molecule has 0 aliphatic carbocycles. The van der Waals surface area contributed by atoms with Crippen molar-refractivity contribution in [1.82, 2.24) is 0 Å². The molecule has 0 spiro atoms. The van der Waals surface area contributed by atoms with E-state index in [1.165, 1.54) is 24.3 Å². The van der Waals surface area contributed by atoms with E-state index in [1.807, 2.05) is 42.5 Å². The summed E-state index contributed by atoms with van der Waals surface area (Å²) in [6, 6.07) is 26.0. The SMILES string of the molecule is O=[N+]([O-])c1ccc(NC(=[NH+]c2ccc([N+](=O)[O-])cc2)c2cccc3ccccc23)cc1. The van der Waals surface area contributed by atoms with E-state index < -0.39 is 9.85 Å². The maximum atomic E-state index is 10.9. The molecule has 0 aromatic heterocycles. The summed E-state index contributed by atoms with van der Waals surface area (Å²) in [5.74, 6) is 0.638. The highest BCUT2D eigenvalue weighted by Crippen LogP contribution is 2.21. The minimum Gasteiger partial charge on any atom is -0.258 e. The van der Waals surface area contributed by atoms with Gasteiger partial charge in [0.15, 0.2) is 0 Å². The molecule has 0 radical (unpaired) electrons. The van der Waals surface area contributed by atoms with Gasteiger partial charge in [-0.1, -0.05) is 36.4 Å². The number of anilines is 1. The Balaban J connectivity index is 1.79. The Hall–Kier alpha value is -4.59. The third-order valence-electron chi connectivity index (χ3n) is 4.75. The van der Waals surface area contributed by atoms with Crippen molar-refractivity contribution < 1.29 is 14.8 Å². The van der Waals surface area contributed by atoms with Crippen molar-refractivity contribution in [3.63, 3.8) is 0 Å². The maximum absolute atomic E-state index is 10.9. The Bertz CT molecular complexity index is 1290. The minimum atomic E-state index is -0.450. The molecule has 2 N–H and O–H groups in total. The molecule has 0 fully saturated rings. The van der Waals surface area contributed by atoms with Crippen molar-refractivity contribution in [2.45, 2.75) is 0 Å². The van der Waals surface area contributed by atoms with Crippen LogP contribution in [-0.4, -0.2) is 15.7 Å². The molecule has 0 aliphatic rings.